The van der Waals surface area contributed by atoms with Crippen LogP contribution in [0.3, 0.4) is 0 Å². The molecule has 0 bridgehead atoms. The molecule has 6 nitrogen and oxygen atoms in total. The van der Waals surface area contributed by atoms with Gasteiger partial charge in [0.05, 0.1) is 0 Å². The summed E-state index contributed by atoms with van der Waals surface area (Å²) >= 11 is 0. The highest BCUT2D eigenvalue weighted by Gasteiger charge is 2.25. The van der Waals surface area contributed by atoms with E-state index in [2.05, 4.69) is 0 Å². The molecule has 0 radical (unpaired) electrons. The lowest BCUT2D eigenvalue weighted by molar-refractivity contribution is -0.134. The number of aryl methyl sites for hydroxylation is 1. The average Bonchev–Trinajstić information content (AvgIpc) is 3.00. The van der Waals surface area contributed by atoms with Crippen LogP contribution in [0.15, 0.2) is 18.2 Å². The molecule has 1 saturated heterocycles. The molecule has 2 amide bonds. The molecule has 2 aliphatic rings. The number of nitrogens with two attached hydrogens (primary N) is 1. The number of hydrogen-bond donors (Lipinski definition) is 1. The van der Waals surface area contributed by atoms with Gasteiger partial charge in [0, 0.05) is 25.4 Å². The zero-order valence-electron chi connectivity index (χ0n) is 12.4. The number of carbonyl (C=O) groups is 2. The van der Waals surface area contributed by atoms with Gasteiger partial charge in [0.15, 0.2) is 11.5 Å². The maximum atomic E-state index is 12.2. The number of hydrogen-bond acceptors (Lipinski definition) is 4. The minimum atomic E-state index is -0.257. The Hall–Kier alpha value is -2.24. The van der Waals surface area contributed by atoms with Crippen LogP contribution in [0.25, 0.3) is 0 Å². The van der Waals surface area contributed by atoms with Gasteiger partial charge in [-0.15, -0.1) is 0 Å². The van der Waals surface area contributed by atoms with Crippen molar-refractivity contribution >= 4 is 11.8 Å². The molecular formula is C16H20N2O4. The number of fused-ring (bicyclic) bond motifs is 1. The van der Waals surface area contributed by atoms with Gasteiger partial charge < -0.3 is 20.1 Å². The van der Waals surface area contributed by atoms with Crippen LogP contribution in [-0.4, -0.2) is 36.6 Å². The van der Waals surface area contributed by atoms with E-state index in [1.807, 2.05) is 23.1 Å². The Labute approximate surface area is 129 Å². The molecule has 3 rings (SSSR count). The van der Waals surface area contributed by atoms with Crippen LogP contribution in [0.1, 0.15) is 24.8 Å². The lowest BCUT2D eigenvalue weighted by Crippen LogP contribution is -2.41. The number of primary amides is 1. The summed E-state index contributed by atoms with van der Waals surface area (Å²) in [5, 5.41) is 0. The molecule has 1 fully saturated rings. The maximum Gasteiger partial charge on any atom is 0.231 e. The molecule has 2 aliphatic heterocycles. The van der Waals surface area contributed by atoms with Gasteiger partial charge in [0.1, 0.15) is 0 Å². The SMILES string of the molecule is NC(=O)C1CCN(C(=O)CCc2ccc3c(c2)OCO3)CC1. The van der Waals surface area contributed by atoms with Crippen molar-refractivity contribution in [1.82, 2.24) is 4.90 Å². The fourth-order valence-electron chi connectivity index (χ4n) is 2.92. The smallest absolute Gasteiger partial charge is 0.231 e. The van der Waals surface area contributed by atoms with Crippen LogP contribution in [0.2, 0.25) is 0 Å². The van der Waals surface area contributed by atoms with E-state index in [0.717, 1.165) is 17.1 Å². The summed E-state index contributed by atoms with van der Waals surface area (Å²) < 4.78 is 10.6. The minimum Gasteiger partial charge on any atom is -0.454 e. The van der Waals surface area contributed by atoms with Crippen LogP contribution in [-0.2, 0) is 16.0 Å². The summed E-state index contributed by atoms with van der Waals surface area (Å²) in [6.45, 7) is 1.49. The third kappa shape index (κ3) is 3.16. The normalized spacial score (nSPS) is 17.5. The zero-order chi connectivity index (χ0) is 15.5. The third-order valence-electron chi connectivity index (χ3n) is 4.31. The predicted molar refractivity (Wildman–Crippen MR) is 79.4 cm³/mol. The molecule has 0 spiro atoms. The number of amides is 2. The highest BCUT2D eigenvalue weighted by molar-refractivity contribution is 5.79. The van der Waals surface area contributed by atoms with E-state index in [-0.39, 0.29) is 24.5 Å². The van der Waals surface area contributed by atoms with Crippen LogP contribution in [0.5, 0.6) is 11.5 Å². The van der Waals surface area contributed by atoms with E-state index in [1.54, 1.807) is 0 Å². The molecule has 2 N–H and O–H groups in total. The van der Waals surface area contributed by atoms with Gasteiger partial charge in [-0.1, -0.05) is 6.07 Å². The molecule has 0 aromatic heterocycles. The lowest BCUT2D eigenvalue weighted by atomic mass is 9.96. The second kappa shape index (κ2) is 6.25. The van der Waals surface area contributed by atoms with Crippen molar-refractivity contribution in [3.05, 3.63) is 23.8 Å². The van der Waals surface area contributed by atoms with Crippen molar-refractivity contribution < 1.29 is 19.1 Å². The van der Waals surface area contributed by atoms with Crippen molar-refractivity contribution in [2.75, 3.05) is 19.9 Å². The van der Waals surface area contributed by atoms with E-state index in [1.165, 1.54) is 0 Å². The molecule has 1 aromatic carbocycles. The molecule has 0 saturated carbocycles. The van der Waals surface area contributed by atoms with Crippen molar-refractivity contribution in [1.29, 1.82) is 0 Å². The number of likely N-dealkylation sites (tertiary alicyclic amines) is 1. The molecule has 2 heterocycles. The zero-order valence-corrected chi connectivity index (χ0v) is 12.4. The number of ether oxygens (including phenoxy) is 2. The molecule has 118 valence electrons. The lowest BCUT2D eigenvalue weighted by Gasteiger charge is -2.30. The van der Waals surface area contributed by atoms with Crippen molar-refractivity contribution in [2.45, 2.75) is 25.7 Å². The first-order chi connectivity index (χ1) is 10.6. The van der Waals surface area contributed by atoms with Crippen LogP contribution in [0, 0.1) is 5.92 Å². The molecular weight excluding hydrogens is 284 g/mol. The Morgan fingerprint density at radius 3 is 2.64 bits per heavy atom. The van der Waals surface area contributed by atoms with Crippen LogP contribution >= 0.6 is 0 Å². The Balaban J connectivity index is 1.49. The Bertz CT molecular complexity index is 580. The summed E-state index contributed by atoms with van der Waals surface area (Å²) in [4.78, 5) is 25.2. The minimum absolute atomic E-state index is 0.0853. The van der Waals surface area contributed by atoms with E-state index in [4.69, 9.17) is 15.2 Å². The Morgan fingerprint density at radius 1 is 1.18 bits per heavy atom. The first-order valence-electron chi connectivity index (χ1n) is 7.59. The summed E-state index contributed by atoms with van der Waals surface area (Å²) in [7, 11) is 0. The van der Waals surface area contributed by atoms with Crippen molar-refractivity contribution in [2.24, 2.45) is 11.7 Å². The number of nitrogens with zero attached hydrogens (tertiary/aromatic N) is 1. The van der Waals surface area contributed by atoms with Gasteiger partial charge in [-0.25, -0.2) is 0 Å². The van der Waals surface area contributed by atoms with Gasteiger partial charge in [-0.3, -0.25) is 9.59 Å². The summed E-state index contributed by atoms with van der Waals surface area (Å²) in [5.41, 5.74) is 6.36. The van der Waals surface area contributed by atoms with Crippen molar-refractivity contribution in [3.63, 3.8) is 0 Å². The van der Waals surface area contributed by atoms with Crippen LogP contribution in [0.4, 0.5) is 0 Å². The maximum absolute atomic E-state index is 12.2. The Kier molecular flexibility index (Phi) is 4.18. The summed E-state index contributed by atoms with van der Waals surface area (Å²) in [6, 6.07) is 5.76. The molecule has 22 heavy (non-hydrogen) atoms. The standard InChI is InChI=1S/C16H20N2O4/c17-16(20)12-5-7-18(8-6-12)15(19)4-2-11-1-3-13-14(9-11)22-10-21-13/h1,3,9,12H,2,4-8,10H2,(H2,17,20). The number of benzene rings is 1. The molecule has 1 aromatic rings. The third-order valence-corrected chi connectivity index (χ3v) is 4.31. The first kappa shape index (κ1) is 14.7. The van der Waals surface area contributed by atoms with Gasteiger partial charge in [0.2, 0.25) is 18.6 Å². The topological polar surface area (TPSA) is 81.9 Å². The number of piperidine rings is 1. The molecule has 0 aliphatic carbocycles. The monoisotopic (exact) mass is 304 g/mol. The molecule has 0 atom stereocenters. The quantitative estimate of drug-likeness (QED) is 0.902. The van der Waals surface area contributed by atoms with E-state index in [9.17, 15) is 9.59 Å². The van der Waals surface area contributed by atoms with Gasteiger partial charge in [-0.05, 0) is 37.0 Å². The average molecular weight is 304 g/mol. The second-order valence-electron chi connectivity index (χ2n) is 5.75. The van der Waals surface area contributed by atoms with Gasteiger partial charge >= 0.3 is 0 Å². The summed E-state index contributed by atoms with van der Waals surface area (Å²) in [6.07, 6.45) is 2.47. The predicted octanol–water partition coefficient (Wildman–Crippen LogP) is 1.07. The molecule has 0 unspecified atom stereocenters. The highest BCUT2D eigenvalue weighted by Crippen LogP contribution is 2.32. The number of carbonyl (C=O) groups excluding carboxylic acids is 2. The highest BCUT2D eigenvalue weighted by atomic mass is 16.7. The number of rotatable bonds is 4. The van der Waals surface area contributed by atoms with Crippen LogP contribution < -0.4 is 15.2 Å². The fraction of sp³-hybridized carbons (Fsp3) is 0.500. The summed E-state index contributed by atoms with van der Waals surface area (Å²) in [5.74, 6) is 1.28. The Morgan fingerprint density at radius 2 is 1.91 bits per heavy atom. The van der Waals surface area contributed by atoms with Crippen molar-refractivity contribution in [3.8, 4) is 11.5 Å². The fourth-order valence-corrected chi connectivity index (χ4v) is 2.92. The second-order valence-corrected chi connectivity index (χ2v) is 5.75. The van der Waals surface area contributed by atoms with E-state index < -0.39 is 0 Å². The van der Waals surface area contributed by atoms with Gasteiger partial charge in [-0.2, -0.15) is 0 Å². The molecule has 6 heteroatoms. The van der Waals surface area contributed by atoms with E-state index in [0.29, 0.717) is 38.8 Å². The largest absolute Gasteiger partial charge is 0.454 e. The van der Waals surface area contributed by atoms with Gasteiger partial charge in [0.25, 0.3) is 0 Å². The first-order valence-corrected chi connectivity index (χ1v) is 7.59. The van der Waals surface area contributed by atoms with E-state index >= 15 is 0 Å².